The highest BCUT2D eigenvalue weighted by Gasteiger charge is 2.18. The molecule has 0 aliphatic carbocycles. The zero-order valence-corrected chi connectivity index (χ0v) is 14.0. The standard InChI is InChI=1S/C18H23N3O2/c1-13-7-9-14(10-8-13)16(21(2)3)12-20-17(22)15-6-5-11-19-18(15)23-4/h5-11,16H,12H2,1-4H3,(H,20,22). The average molecular weight is 313 g/mol. The first kappa shape index (κ1) is 17.0. The number of ether oxygens (including phenoxy) is 1. The molecule has 0 aliphatic rings. The first-order valence-corrected chi connectivity index (χ1v) is 7.53. The molecular formula is C18H23N3O2. The third-order valence-corrected chi connectivity index (χ3v) is 3.75. The van der Waals surface area contributed by atoms with Gasteiger partial charge in [-0.2, -0.15) is 0 Å². The molecule has 122 valence electrons. The fourth-order valence-corrected chi connectivity index (χ4v) is 2.40. The van der Waals surface area contributed by atoms with Gasteiger partial charge in [-0.1, -0.05) is 29.8 Å². The van der Waals surface area contributed by atoms with Crippen molar-refractivity contribution in [2.24, 2.45) is 0 Å². The van der Waals surface area contributed by atoms with Gasteiger partial charge in [0.15, 0.2) is 0 Å². The average Bonchev–Trinajstić information content (AvgIpc) is 2.56. The molecule has 5 heteroatoms. The van der Waals surface area contributed by atoms with E-state index in [0.717, 1.165) is 0 Å². The maximum Gasteiger partial charge on any atom is 0.256 e. The molecular weight excluding hydrogens is 290 g/mol. The van der Waals surface area contributed by atoms with E-state index < -0.39 is 0 Å². The summed E-state index contributed by atoms with van der Waals surface area (Å²) in [5.74, 6) is 0.149. The zero-order chi connectivity index (χ0) is 16.8. The first-order chi connectivity index (χ1) is 11.0. The highest BCUT2D eigenvalue weighted by molar-refractivity contribution is 5.96. The number of amides is 1. The van der Waals surface area contributed by atoms with E-state index in [1.807, 2.05) is 14.1 Å². The molecule has 5 nitrogen and oxygen atoms in total. The Bertz CT molecular complexity index is 654. The van der Waals surface area contributed by atoms with Gasteiger partial charge in [-0.25, -0.2) is 4.98 Å². The van der Waals surface area contributed by atoms with Crippen molar-refractivity contribution in [3.05, 3.63) is 59.3 Å². The second-order valence-corrected chi connectivity index (χ2v) is 5.66. The number of rotatable bonds is 6. The van der Waals surface area contributed by atoms with Crippen LogP contribution in [0.3, 0.4) is 0 Å². The van der Waals surface area contributed by atoms with Gasteiger partial charge in [-0.05, 0) is 38.7 Å². The molecule has 1 aromatic carbocycles. The minimum atomic E-state index is -0.186. The number of nitrogens with zero attached hydrogens (tertiary/aromatic N) is 2. The van der Waals surface area contributed by atoms with Crippen molar-refractivity contribution >= 4 is 5.91 Å². The van der Waals surface area contributed by atoms with Crippen molar-refractivity contribution in [3.63, 3.8) is 0 Å². The smallest absolute Gasteiger partial charge is 0.256 e. The summed E-state index contributed by atoms with van der Waals surface area (Å²) < 4.78 is 5.14. The quantitative estimate of drug-likeness (QED) is 0.890. The maximum absolute atomic E-state index is 12.4. The molecule has 0 saturated heterocycles. The number of carbonyl (C=O) groups is 1. The van der Waals surface area contributed by atoms with E-state index in [1.54, 1.807) is 18.3 Å². The molecule has 2 rings (SSSR count). The third-order valence-electron chi connectivity index (χ3n) is 3.75. The molecule has 1 atom stereocenters. The number of hydrogen-bond acceptors (Lipinski definition) is 4. The fourth-order valence-electron chi connectivity index (χ4n) is 2.40. The summed E-state index contributed by atoms with van der Waals surface area (Å²) in [5.41, 5.74) is 2.82. The van der Waals surface area contributed by atoms with Gasteiger partial charge in [0.05, 0.1) is 13.2 Å². The van der Waals surface area contributed by atoms with Crippen molar-refractivity contribution in [2.75, 3.05) is 27.7 Å². The van der Waals surface area contributed by atoms with Gasteiger partial charge in [-0.15, -0.1) is 0 Å². The fraction of sp³-hybridized carbons (Fsp3) is 0.333. The van der Waals surface area contributed by atoms with E-state index in [2.05, 4.69) is 46.4 Å². The van der Waals surface area contributed by atoms with Gasteiger partial charge < -0.3 is 15.0 Å². The second kappa shape index (κ2) is 7.74. The van der Waals surface area contributed by atoms with Gasteiger partial charge in [0.1, 0.15) is 5.56 Å². The van der Waals surface area contributed by atoms with E-state index in [4.69, 9.17) is 4.74 Å². The van der Waals surface area contributed by atoms with Crippen LogP contribution in [0, 0.1) is 6.92 Å². The molecule has 23 heavy (non-hydrogen) atoms. The maximum atomic E-state index is 12.4. The van der Waals surface area contributed by atoms with Crippen LogP contribution in [0.25, 0.3) is 0 Å². The molecule has 0 saturated carbocycles. The van der Waals surface area contributed by atoms with E-state index >= 15 is 0 Å². The van der Waals surface area contributed by atoms with Crippen LogP contribution in [0.15, 0.2) is 42.6 Å². The molecule has 1 unspecified atom stereocenters. The van der Waals surface area contributed by atoms with Crippen LogP contribution in [-0.4, -0.2) is 43.5 Å². The Morgan fingerprint density at radius 1 is 1.26 bits per heavy atom. The minimum absolute atomic E-state index is 0.0993. The van der Waals surface area contributed by atoms with Crippen molar-refractivity contribution in [2.45, 2.75) is 13.0 Å². The van der Waals surface area contributed by atoms with Crippen LogP contribution < -0.4 is 10.1 Å². The Kier molecular flexibility index (Phi) is 5.71. The number of aryl methyl sites for hydroxylation is 1. The topological polar surface area (TPSA) is 54.5 Å². The number of likely N-dealkylation sites (N-methyl/N-ethyl adjacent to an activating group) is 1. The number of methoxy groups -OCH3 is 1. The number of benzene rings is 1. The molecule has 0 spiro atoms. The Hall–Kier alpha value is -2.40. The highest BCUT2D eigenvalue weighted by atomic mass is 16.5. The summed E-state index contributed by atoms with van der Waals surface area (Å²) in [6.07, 6.45) is 1.60. The molecule has 0 fully saturated rings. The Balaban J connectivity index is 2.09. The van der Waals surface area contributed by atoms with Crippen molar-refractivity contribution in [1.82, 2.24) is 15.2 Å². The molecule has 0 bridgehead atoms. The molecule has 1 heterocycles. The largest absolute Gasteiger partial charge is 0.480 e. The number of pyridine rings is 1. The number of carbonyl (C=O) groups excluding carboxylic acids is 1. The molecule has 2 aromatic rings. The lowest BCUT2D eigenvalue weighted by atomic mass is 10.0. The van der Waals surface area contributed by atoms with Crippen LogP contribution in [0.4, 0.5) is 0 Å². The van der Waals surface area contributed by atoms with Gasteiger partial charge in [0.25, 0.3) is 5.91 Å². The second-order valence-electron chi connectivity index (χ2n) is 5.66. The molecule has 0 radical (unpaired) electrons. The SMILES string of the molecule is COc1ncccc1C(=O)NCC(c1ccc(C)cc1)N(C)C. The van der Waals surface area contributed by atoms with Crippen LogP contribution in [-0.2, 0) is 0 Å². The van der Waals surface area contributed by atoms with Crippen molar-refractivity contribution in [3.8, 4) is 5.88 Å². The minimum Gasteiger partial charge on any atom is -0.480 e. The Morgan fingerprint density at radius 2 is 1.96 bits per heavy atom. The van der Waals surface area contributed by atoms with E-state index in [1.165, 1.54) is 18.2 Å². The van der Waals surface area contributed by atoms with E-state index in [0.29, 0.717) is 18.0 Å². The molecule has 0 aliphatic heterocycles. The van der Waals surface area contributed by atoms with Crippen LogP contribution >= 0.6 is 0 Å². The summed E-state index contributed by atoms with van der Waals surface area (Å²) in [6.45, 7) is 2.57. The Labute approximate surface area is 137 Å². The summed E-state index contributed by atoms with van der Waals surface area (Å²) >= 11 is 0. The number of aromatic nitrogens is 1. The normalized spacial score (nSPS) is 12.0. The lowest BCUT2D eigenvalue weighted by molar-refractivity contribution is 0.0938. The Morgan fingerprint density at radius 3 is 2.57 bits per heavy atom. The summed E-state index contributed by atoms with van der Waals surface area (Å²) in [5, 5.41) is 2.97. The van der Waals surface area contributed by atoms with Gasteiger partial charge in [0, 0.05) is 12.7 Å². The number of nitrogens with one attached hydrogen (secondary N) is 1. The molecule has 1 amide bonds. The van der Waals surface area contributed by atoms with Gasteiger partial charge in [-0.3, -0.25) is 4.79 Å². The highest BCUT2D eigenvalue weighted by Crippen LogP contribution is 2.19. The predicted molar refractivity (Wildman–Crippen MR) is 90.7 cm³/mol. The summed E-state index contributed by atoms with van der Waals surface area (Å²) in [6, 6.07) is 11.9. The first-order valence-electron chi connectivity index (χ1n) is 7.53. The zero-order valence-electron chi connectivity index (χ0n) is 14.0. The van der Waals surface area contributed by atoms with E-state index in [-0.39, 0.29) is 11.9 Å². The van der Waals surface area contributed by atoms with Crippen molar-refractivity contribution in [1.29, 1.82) is 0 Å². The molecule has 1 N–H and O–H groups in total. The predicted octanol–water partition coefficient (Wildman–Crippen LogP) is 2.43. The molecule has 1 aromatic heterocycles. The van der Waals surface area contributed by atoms with Crippen LogP contribution in [0.2, 0.25) is 0 Å². The third kappa shape index (κ3) is 4.29. The number of hydrogen-bond donors (Lipinski definition) is 1. The monoisotopic (exact) mass is 313 g/mol. The summed E-state index contributed by atoms with van der Waals surface area (Å²) in [4.78, 5) is 18.5. The van der Waals surface area contributed by atoms with E-state index in [9.17, 15) is 4.79 Å². The van der Waals surface area contributed by atoms with Gasteiger partial charge >= 0.3 is 0 Å². The lowest BCUT2D eigenvalue weighted by Crippen LogP contribution is -2.34. The van der Waals surface area contributed by atoms with Crippen LogP contribution in [0.1, 0.15) is 27.5 Å². The van der Waals surface area contributed by atoms with Crippen LogP contribution in [0.5, 0.6) is 5.88 Å². The van der Waals surface area contributed by atoms with Gasteiger partial charge in [0.2, 0.25) is 5.88 Å². The summed E-state index contributed by atoms with van der Waals surface area (Å²) in [7, 11) is 5.51. The van der Waals surface area contributed by atoms with Crippen molar-refractivity contribution < 1.29 is 9.53 Å². The lowest BCUT2D eigenvalue weighted by Gasteiger charge is -2.25.